The number of nitrogens with zero attached hydrogens (tertiary/aromatic N) is 2. The number of benzene rings is 2. The van der Waals surface area contributed by atoms with Crippen molar-refractivity contribution in [2.24, 2.45) is 0 Å². The number of rotatable bonds is 4. The van der Waals surface area contributed by atoms with E-state index < -0.39 is 0 Å². The Morgan fingerprint density at radius 3 is 2.60 bits per heavy atom. The Morgan fingerprint density at radius 2 is 1.84 bits per heavy atom. The monoisotopic (exact) mass is 372 g/mol. The molecule has 0 unspecified atom stereocenters. The predicted octanol–water partition coefficient (Wildman–Crippen LogP) is 5.09. The molecule has 0 aliphatic carbocycles. The average Bonchev–Trinajstić information content (AvgIpc) is 2.60. The minimum atomic E-state index is -0.375. The van der Waals surface area contributed by atoms with Crippen LogP contribution >= 0.6 is 23.2 Å². The van der Waals surface area contributed by atoms with Crippen LogP contribution in [0, 0.1) is 6.92 Å². The van der Waals surface area contributed by atoms with Crippen LogP contribution in [0.25, 0.3) is 0 Å². The van der Waals surface area contributed by atoms with E-state index in [1.807, 2.05) is 19.1 Å². The average molecular weight is 373 g/mol. The predicted molar refractivity (Wildman–Crippen MR) is 101 cm³/mol. The first kappa shape index (κ1) is 17.2. The maximum absolute atomic E-state index is 12.4. The Morgan fingerprint density at radius 1 is 1.04 bits per heavy atom. The Labute approximate surface area is 155 Å². The topological polar surface area (TPSA) is 66.9 Å². The van der Waals surface area contributed by atoms with Crippen molar-refractivity contribution in [3.63, 3.8) is 0 Å². The summed E-state index contributed by atoms with van der Waals surface area (Å²) in [5.41, 5.74) is 2.45. The summed E-state index contributed by atoms with van der Waals surface area (Å²) in [6, 6.07) is 14.0. The summed E-state index contributed by atoms with van der Waals surface area (Å²) in [6.45, 7) is 1.92. The molecule has 3 rings (SSSR count). The fraction of sp³-hybridized carbons (Fsp3) is 0.0556. The summed E-state index contributed by atoms with van der Waals surface area (Å²) in [5.74, 6) is -0.0767. The van der Waals surface area contributed by atoms with Crippen molar-refractivity contribution in [1.29, 1.82) is 0 Å². The highest BCUT2D eigenvalue weighted by Gasteiger charge is 2.11. The number of hydrogen-bond donors (Lipinski definition) is 2. The highest BCUT2D eigenvalue weighted by atomic mass is 35.5. The molecule has 2 N–H and O–H groups in total. The Balaban J connectivity index is 1.77. The number of aromatic nitrogens is 2. The third-order valence-corrected chi connectivity index (χ3v) is 4.18. The van der Waals surface area contributed by atoms with E-state index in [1.165, 1.54) is 12.3 Å². The smallest absolute Gasteiger partial charge is 0.274 e. The lowest BCUT2D eigenvalue weighted by Gasteiger charge is -2.09. The van der Waals surface area contributed by atoms with Crippen LogP contribution in [-0.4, -0.2) is 15.9 Å². The van der Waals surface area contributed by atoms with Gasteiger partial charge in [0.25, 0.3) is 5.91 Å². The zero-order valence-corrected chi connectivity index (χ0v) is 14.8. The van der Waals surface area contributed by atoms with Crippen LogP contribution in [-0.2, 0) is 0 Å². The molecule has 126 valence electrons. The number of para-hydroxylation sites is 1. The third-order valence-electron chi connectivity index (χ3n) is 3.44. The van der Waals surface area contributed by atoms with E-state index in [2.05, 4.69) is 20.6 Å². The molecule has 0 spiro atoms. The van der Waals surface area contributed by atoms with E-state index in [0.29, 0.717) is 21.7 Å². The molecular weight excluding hydrogens is 359 g/mol. The number of nitrogens with one attached hydrogen (secondary N) is 2. The van der Waals surface area contributed by atoms with Gasteiger partial charge in [0.1, 0.15) is 5.69 Å². The van der Waals surface area contributed by atoms with Crippen LogP contribution in [0.5, 0.6) is 0 Å². The number of amides is 1. The molecule has 0 aliphatic rings. The fourth-order valence-corrected chi connectivity index (χ4v) is 2.46. The third kappa shape index (κ3) is 4.26. The fourth-order valence-electron chi connectivity index (χ4n) is 2.09. The van der Waals surface area contributed by atoms with Gasteiger partial charge in [0.05, 0.1) is 10.7 Å². The molecule has 25 heavy (non-hydrogen) atoms. The van der Waals surface area contributed by atoms with Gasteiger partial charge in [0, 0.05) is 16.9 Å². The number of carbonyl (C=O) groups excluding carboxylic acids is 1. The Kier molecular flexibility index (Phi) is 5.16. The minimum Gasteiger partial charge on any atom is -0.324 e. The van der Waals surface area contributed by atoms with Crippen molar-refractivity contribution in [1.82, 2.24) is 9.97 Å². The second kappa shape index (κ2) is 7.51. The van der Waals surface area contributed by atoms with Gasteiger partial charge in [-0.1, -0.05) is 41.4 Å². The van der Waals surface area contributed by atoms with Crippen molar-refractivity contribution < 1.29 is 4.79 Å². The standard InChI is InChI=1S/C18H14Cl2N4O/c1-11-6-7-12(10-14(11)20)22-18-21-9-8-16(24-18)17(25)23-15-5-3-2-4-13(15)19/h2-10H,1H3,(H,23,25)(H,21,22,24). The molecule has 0 radical (unpaired) electrons. The first-order chi connectivity index (χ1) is 12.0. The summed E-state index contributed by atoms with van der Waals surface area (Å²) in [7, 11) is 0. The van der Waals surface area contributed by atoms with Gasteiger partial charge in [-0.25, -0.2) is 9.97 Å². The molecule has 2 aromatic carbocycles. The van der Waals surface area contributed by atoms with Gasteiger partial charge < -0.3 is 10.6 Å². The summed E-state index contributed by atoms with van der Waals surface area (Å²) >= 11 is 12.2. The number of hydrogen-bond acceptors (Lipinski definition) is 4. The van der Waals surface area contributed by atoms with E-state index in [4.69, 9.17) is 23.2 Å². The lowest BCUT2D eigenvalue weighted by atomic mass is 10.2. The van der Waals surface area contributed by atoms with Crippen LogP contribution < -0.4 is 10.6 Å². The van der Waals surface area contributed by atoms with Gasteiger partial charge in [0.2, 0.25) is 5.95 Å². The van der Waals surface area contributed by atoms with Crippen molar-refractivity contribution in [2.45, 2.75) is 6.92 Å². The molecule has 0 atom stereocenters. The lowest BCUT2D eigenvalue weighted by molar-refractivity contribution is 0.102. The molecule has 7 heteroatoms. The zero-order chi connectivity index (χ0) is 17.8. The van der Waals surface area contributed by atoms with Crippen LogP contribution in [0.3, 0.4) is 0 Å². The summed E-state index contributed by atoms with van der Waals surface area (Å²) < 4.78 is 0. The zero-order valence-electron chi connectivity index (χ0n) is 13.3. The highest BCUT2D eigenvalue weighted by molar-refractivity contribution is 6.33. The van der Waals surface area contributed by atoms with E-state index in [0.717, 1.165) is 11.3 Å². The number of carbonyl (C=O) groups is 1. The van der Waals surface area contributed by atoms with Gasteiger partial charge in [-0.05, 0) is 42.8 Å². The molecule has 0 bridgehead atoms. The Bertz CT molecular complexity index is 930. The molecule has 0 fully saturated rings. The SMILES string of the molecule is Cc1ccc(Nc2nccc(C(=O)Nc3ccccc3Cl)n2)cc1Cl. The number of anilines is 3. The second-order valence-corrected chi connectivity index (χ2v) is 6.10. The van der Waals surface area contributed by atoms with Gasteiger partial charge in [0.15, 0.2) is 0 Å². The highest BCUT2D eigenvalue weighted by Crippen LogP contribution is 2.23. The minimum absolute atomic E-state index is 0.218. The summed E-state index contributed by atoms with van der Waals surface area (Å²) in [6.07, 6.45) is 1.51. The van der Waals surface area contributed by atoms with Crippen LogP contribution in [0.15, 0.2) is 54.7 Å². The summed E-state index contributed by atoms with van der Waals surface area (Å²) in [5, 5.41) is 6.85. The van der Waals surface area contributed by atoms with Crippen molar-refractivity contribution in [3.8, 4) is 0 Å². The molecule has 0 aliphatic heterocycles. The van der Waals surface area contributed by atoms with Gasteiger partial charge >= 0.3 is 0 Å². The maximum Gasteiger partial charge on any atom is 0.274 e. The molecule has 0 saturated carbocycles. The van der Waals surface area contributed by atoms with Gasteiger partial charge in [-0.3, -0.25) is 4.79 Å². The van der Waals surface area contributed by atoms with E-state index in [1.54, 1.807) is 30.3 Å². The van der Waals surface area contributed by atoms with Crippen LogP contribution in [0.4, 0.5) is 17.3 Å². The quantitative estimate of drug-likeness (QED) is 0.669. The first-order valence-electron chi connectivity index (χ1n) is 7.45. The molecule has 1 amide bonds. The lowest BCUT2D eigenvalue weighted by Crippen LogP contribution is -2.15. The van der Waals surface area contributed by atoms with Crippen molar-refractivity contribution in [2.75, 3.05) is 10.6 Å². The van der Waals surface area contributed by atoms with Crippen LogP contribution in [0.1, 0.15) is 16.1 Å². The number of aryl methyl sites for hydroxylation is 1. The molecule has 0 saturated heterocycles. The molecule has 1 heterocycles. The van der Waals surface area contributed by atoms with Gasteiger partial charge in [-0.15, -0.1) is 0 Å². The first-order valence-corrected chi connectivity index (χ1v) is 8.20. The summed E-state index contributed by atoms with van der Waals surface area (Å²) in [4.78, 5) is 20.7. The van der Waals surface area contributed by atoms with E-state index in [9.17, 15) is 4.79 Å². The van der Waals surface area contributed by atoms with E-state index in [-0.39, 0.29) is 11.6 Å². The second-order valence-electron chi connectivity index (χ2n) is 5.29. The van der Waals surface area contributed by atoms with Crippen LogP contribution in [0.2, 0.25) is 10.0 Å². The molecule has 5 nitrogen and oxygen atoms in total. The molecule has 1 aromatic heterocycles. The van der Waals surface area contributed by atoms with Gasteiger partial charge in [-0.2, -0.15) is 0 Å². The molecular formula is C18H14Cl2N4O. The van der Waals surface area contributed by atoms with E-state index >= 15 is 0 Å². The van der Waals surface area contributed by atoms with Crippen molar-refractivity contribution in [3.05, 3.63) is 76.0 Å². The molecule has 3 aromatic rings. The normalized spacial score (nSPS) is 10.4. The van der Waals surface area contributed by atoms with Crippen molar-refractivity contribution >= 4 is 46.4 Å². The largest absolute Gasteiger partial charge is 0.324 e. The Hall–Kier alpha value is -2.63. The maximum atomic E-state index is 12.4. The number of halogens is 2.